The molecule has 27 heavy (non-hydrogen) atoms. The van der Waals surface area contributed by atoms with Crippen molar-refractivity contribution in [2.45, 2.75) is 32.2 Å². The average Bonchev–Trinajstić information content (AvgIpc) is 2.72. The van der Waals surface area contributed by atoms with Gasteiger partial charge in [-0.05, 0) is 31.4 Å². The van der Waals surface area contributed by atoms with Gasteiger partial charge in [0.05, 0.1) is 19.3 Å². The summed E-state index contributed by atoms with van der Waals surface area (Å²) in [5.74, 6) is 1.58. The second-order valence-electron chi connectivity index (χ2n) is 7.49. The highest BCUT2D eigenvalue weighted by Crippen LogP contribution is 2.41. The fourth-order valence-electron chi connectivity index (χ4n) is 4.33. The number of aromatic nitrogens is 3. The van der Waals surface area contributed by atoms with Crippen LogP contribution >= 0.6 is 0 Å². The lowest BCUT2D eigenvalue weighted by Gasteiger charge is -2.48. The van der Waals surface area contributed by atoms with Crippen molar-refractivity contribution in [2.24, 2.45) is 5.41 Å². The minimum Gasteiger partial charge on any atom is -0.478 e. The first-order chi connectivity index (χ1) is 13.2. The second-order valence-corrected chi connectivity index (χ2v) is 7.49. The van der Waals surface area contributed by atoms with Crippen LogP contribution in [0.4, 0.5) is 5.82 Å². The first-order valence-corrected chi connectivity index (χ1v) is 9.47. The standard InChI is InChI=1S/C20H25N5O2/c1-27-19-18(22-10-11-23-19)24-12-4-7-20(14-24)8-6-17(26)25(15-20)13-16-5-2-3-9-21-16/h2-3,5,9-11H,4,6-8,12-15H2,1H3/t20-/m1/s1. The van der Waals surface area contributed by atoms with Gasteiger partial charge in [0.25, 0.3) is 5.88 Å². The Morgan fingerprint density at radius 1 is 1.11 bits per heavy atom. The van der Waals surface area contributed by atoms with Gasteiger partial charge < -0.3 is 14.5 Å². The predicted octanol–water partition coefficient (Wildman–Crippen LogP) is 2.29. The third-order valence-electron chi connectivity index (χ3n) is 5.63. The van der Waals surface area contributed by atoms with Crippen LogP contribution in [0.3, 0.4) is 0 Å². The number of amides is 1. The zero-order chi connectivity index (χ0) is 18.7. The van der Waals surface area contributed by atoms with Crippen molar-refractivity contribution < 1.29 is 9.53 Å². The molecule has 0 saturated carbocycles. The molecule has 2 fully saturated rings. The molecule has 4 heterocycles. The maximum atomic E-state index is 12.5. The van der Waals surface area contributed by atoms with Gasteiger partial charge in [-0.25, -0.2) is 9.97 Å². The summed E-state index contributed by atoms with van der Waals surface area (Å²) in [6.45, 7) is 3.15. The van der Waals surface area contributed by atoms with E-state index in [-0.39, 0.29) is 11.3 Å². The molecule has 0 N–H and O–H groups in total. The molecule has 2 aromatic rings. The van der Waals surface area contributed by atoms with E-state index >= 15 is 0 Å². The van der Waals surface area contributed by atoms with Crippen molar-refractivity contribution in [3.63, 3.8) is 0 Å². The first kappa shape index (κ1) is 17.7. The molecule has 142 valence electrons. The maximum absolute atomic E-state index is 12.5. The summed E-state index contributed by atoms with van der Waals surface area (Å²) in [5, 5.41) is 0. The van der Waals surface area contributed by atoms with Crippen molar-refractivity contribution in [1.82, 2.24) is 19.9 Å². The summed E-state index contributed by atoms with van der Waals surface area (Å²) in [7, 11) is 1.63. The Kier molecular flexibility index (Phi) is 4.92. The van der Waals surface area contributed by atoms with Crippen molar-refractivity contribution >= 4 is 11.7 Å². The topological polar surface area (TPSA) is 71.5 Å². The van der Waals surface area contributed by atoms with E-state index in [1.807, 2.05) is 23.1 Å². The summed E-state index contributed by atoms with van der Waals surface area (Å²) < 4.78 is 5.40. The fraction of sp³-hybridized carbons (Fsp3) is 0.500. The van der Waals surface area contributed by atoms with Crippen LogP contribution in [-0.4, -0.2) is 52.5 Å². The summed E-state index contributed by atoms with van der Waals surface area (Å²) in [6, 6.07) is 5.84. The minimum absolute atomic E-state index is 0.0868. The number of hydrogen-bond acceptors (Lipinski definition) is 6. The zero-order valence-electron chi connectivity index (χ0n) is 15.7. The van der Waals surface area contributed by atoms with Gasteiger partial charge in [0, 0.05) is 50.1 Å². The van der Waals surface area contributed by atoms with Crippen LogP contribution in [0.15, 0.2) is 36.8 Å². The Hall–Kier alpha value is -2.70. The molecule has 0 aliphatic carbocycles. The molecular weight excluding hydrogens is 342 g/mol. The molecule has 7 nitrogen and oxygen atoms in total. The van der Waals surface area contributed by atoms with Crippen molar-refractivity contribution in [3.8, 4) is 5.88 Å². The fourth-order valence-corrected chi connectivity index (χ4v) is 4.33. The number of anilines is 1. The van der Waals surface area contributed by atoms with Gasteiger partial charge in [-0.15, -0.1) is 0 Å². The van der Waals surface area contributed by atoms with Crippen LogP contribution in [-0.2, 0) is 11.3 Å². The van der Waals surface area contributed by atoms with Crippen molar-refractivity contribution in [2.75, 3.05) is 31.6 Å². The highest BCUT2D eigenvalue weighted by Gasteiger charge is 2.42. The third kappa shape index (κ3) is 3.72. The van der Waals surface area contributed by atoms with Gasteiger partial charge in [-0.2, -0.15) is 0 Å². The normalized spacial score (nSPS) is 22.9. The quantitative estimate of drug-likeness (QED) is 0.826. The van der Waals surface area contributed by atoms with Crippen LogP contribution in [0.5, 0.6) is 5.88 Å². The molecule has 2 aromatic heterocycles. The van der Waals surface area contributed by atoms with Gasteiger partial charge in [0.15, 0.2) is 5.82 Å². The smallest absolute Gasteiger partial charge is 0.257 e. The van der Waals surface area contributed by atoms with E-state index < -0.39 is 0 Å². The minimum atomic E-state index is 0.0868. The zero-order valence-corrected chi connectivity index (χ0v) is 15.7. The van der Waals surface area contributed by atoms with Gasteiger partial charge in [-0.1, -0.05) is 6.07 Å². The maximum Gasteiger partial charge on any atom is 0.257 e. The van der Waals surface area contributed by atoms with Crippen molar-refractivity contribution in [1.29, 1.82) is 0 Å². The van der Waals surface area contributed by atoms with Gasteiger partial charge in [0.1, 0.15) is 0 Å². The van der Waals surface area contributed by atoms with Gasteiger partial charge >= 0.3 is 0 Å². The molecule has 2 aliphatic rings. The molecule has 0 radical (unpaired) electrons. The van der Waals surface area contributed by atoms with E-state index in [9.17, 15) is 4.79 Å². The lowest BCUT2D eigenvalue weighted by atomic mass is 9.73. The van der Waals surface area contributed by atoms with E-state index in [0.29, 0.717) is 18.8 Å². The number of piperidine rings is 2. The molecule has 7 heteroatoms. The number of nitrogens with zero attached hydrogens (tertiary/aromatic N) is 5. The third-order valence-corrected chi connectivity index (χ3v) is 5.63. The molecule has 4 rings (SSSR count). The van der Waals surface area contributed by atoms with E-state index in [1.165, 1.54) is 0 Å². The van der Waals surface area contributed by atoms with Crippen LogP contribution in [0, 0.1) is 5.41 Å². The van der Waals surface area contributed by atoms with E-state index in [0.717, 1.165) is 50.4 Å². The first-order valence-electron chi connectivity index (χ1n) is 9.47. The second kappa shape index (κ2) is 7.50. The Morgan fingerprint density at radius 3 is 2.81 bits per heavy atom. The molecule has 0 unspecified atom stereocenters. The Balaban J connectivity index is 1.52. The summed E-state index contributed by atoms with van der Waals surface area (Å²) >= 11 is 0. The molecule has 2 aliphatic heterocycles. The largest absolute Gasteiger partial charge is 0.478 e. The molecule has 1 amide bonds. The number of carbonyl (C=O) groups excluding carboxylic acids is 1. The number of likely N-dealkylation sites (tertiary alicyclic amines) is 1. The number of ether oxygens (including phenoxy) is 1. The molecule has 0 aromatic carbocycles. The number of pyridine rings is 1. The summed E-state index contributed by atoms with van der Waals surface area (Å²) in [4.78, 5) is 29.9. The molecule has 2 saturated heterocycles. The van der Waals surface area contributed by atoms with E-state index in [4.69, 9.17) is 4.74 Å². The highest BCUT2D eigenvalue weighted by atomic mass is 16.5. The number of methoxy groups -OCH3 is 1. The molecule has 1 atom stereocenters. The number of rotatable bonds is 4. The van der Waals surface area contributed by atoms with Crippen LogP contribution in [0.2, 0.25) is 0 Å². The van der Waals surface area contributed by atoms with Crippen LogP contribution in [0.1, 0.15) is 31.4 Å². The number of carbonyl (C=O) groups is 1. The Labute approximate surface area is 159 Å². The Morgan fingerprint density at radius 2 is 2.00 bits per heavy atom. The lowest BCUT2D eigenvalue weighted by molar-refractivity contribution is -0.138. The predicted molar refractivity (Wildman–Crippen MR) is 101 cm³/mol. The summed E-state index contributed by atoms with van der Waals surface area (Å²) in [6.07, 6.45) is 8.85. The molecule has 0 bridgehead atoms. The van der Waals surface area contributed by atoms with E-state index in [1.54, 1.807) is 25.7 Å². The van der Waals surface area contributed by atoms with Gasteiger partial charge in [0.2, 0.25) is 5.91 Å². The lowest BCUT2D eigenvalue weighted by Crippen LogP contribution is -2.54. The average molecular weight is 367 g/mol. The van der Waals surface area contributed by atoms with Crippen molar-refractivity contribution in [3.05, 3.63) is 42.5 Å². The van der Waals surface area contributed by atoms with E-state index in [2.05, 4.69) is 19.9 Å². The van der Waals surface area contributed by atoms with Crippen LogP contribution < -0.4 is 9.64 Å². The van der Waals surface area contributed by atoms with Gasteiger partial charge in [-0.3, -0.25) is 9.78 Å². The van der Waals surface area contributed by atoms with Crippen LogP contribution in [0.25, 0.3) is 0 Å². The molecular formula is C20H25N5O2. The SMILES string of the molecule is COc1nccnc1N1CCC[C@@]2(CCC(=O)N(Cc3ccccn3)C2)C1. The number of hydrogen-bond donors (Lipinski definition) is 0. The molecule has 1 spiro atoms. The summed E-state index contributed by atoms with van der Waals surface area (Å²) in [5.41, 5.74) is 1.02. The Bertz CT molecular complexity index is 800. The highest BCUT2D eigenvalue weighted by molar-refractivity contribution is 5.77. The monoisotopic (exact) mass is 367 g/mol.